The molecule has 0 atom stereocenters. The topological polar surface area (TPSA) is 110 Å². The molecule has 0 unspecified atom stereocenters. The Hall–Kier alpha value is -2.78. The van der Waals surface area contributed by atoms with E-state index in [2.05, 4.69) is 5.32 Å². The van der Waals surface area contributed by atoms with Crippen molar-refractivity contribution in [2.24, 2.45) is 0 Å². The van der Waals surface area contributed by atoms with Crippen molar-refractivity contribution in [2.75, 3.05) is 31.5 Å². The number of sulfonamides is 1. The van der Waals surface area contributed by atoms with Crippen molar-refractivity contribution in [3.8, 4) is 11.5 Å². The van der Waals surface area contributed by atoms with Crippen LogP contribution in [0.4, 0.5) is 10.5 Å². The summed E-state index contributed by atoms with van der Waals surface area (Å²) >= 11 is 0. The number of phenols is 2. The number of aromatic hydroxyl groups is 2. The van der Waals surface area contributed by atoms with Crippen LogP contribution in [0.2, 0.25) is 0 Å². The van der Waals surface area contributed by atoms with Crippen LogP contribution in [0.5, 0.6) is 11.5 Å². The molecule has 1 saturated heterocycles. The molecule has 26 heavy (non-hydrogen) atoms. The van der Waals surface area contributed by atoms with Crippen molar-refractivity contribution in [3.05, 3.63) is 48.5 Å². The van der Waals surface area contributed by atoms with Gasteiger partial charge < -0.3 is 20.4 Å². The molecule has 0 bridgehead atoms. The molecule has 2 aromatic rings. The number of carbonyl (C=O) groups is 1. The molecule has 2 aromatic carbocycles. The van der Waals surface area contributed by atoms with Gasteiger partial charge in [0, 0.05) is 50.1 Å². The van der Waals surface area contributed by atoms with Gasteiger partial charge in [0.25, 0.3) is 0 Å². The molecular weight excluding hydrogens is 358 g/mol. The number of piperazine rings is 1. The fourth-order valence-corrected chi connectivity index (χ4v) is 4.19. The molecule has 1 aliphatic heterocycles. The third-order valence-electron chi connectivity index (χ3n) is 4.06. The van der Waals surface area contributed by atoms with Gasteiger partial charge in [0.05, 0.1) is 4.90 Å². The van der Waals surface area contributed by atoms with Crippen molar-refractivity contribution in [2.45, 2.75) is 4.90 Å². The number of urea groups is 1. The molecule has 1 fully saturated rings. The predicted molar refractivity (Wildman–Crippen MR) is 95.6 cm³/mol. The van der Waals surface area contributed by atoms with E-state index in [0.717, 1.165) is 6.07 Å². The maximum absolute atomic E-state index is 12.6. The summed E-state index contributed by atoms with van der Waals surface area (Å²) in [6.45, 7) is 0.858. The second kappa shape index (κ2) is 7.22. The van der Waals surface area contributed by atoms with Gasteiger partial charge in [-0.3, -0.25) is 0 Å². The fourth-order valence-electron chi connectivity index (χ4n) is 2.74. The van der Waals surface area contributed by atoms with Gasteiger partial charge in [-0.1, -0.05) is 18.2 Å². The Labute approximate surface area is 151 Å². The van der Waals surface area contributed by atoms with Crippen molar-refractivity contribution >= 4 is 21.7 Å². The smallest absolute Gasteiger partial charge is 0.321 e. The molecule has 3 N–H and O–H groups in total. The number of phenolic OH excluding ortho intramolecular Hbond substituents is 2. The van der Waals surface area contributed by atoms with Gasteiger partial charge in [0.1, 0.15) is 11.5 Å². The Bertz CT molecular complexity index is 874. The highest BCUT2D eigenvalue weighted by Gasteiger charge is 2.30. The number of nitrogens with zero attached hydrogens (tertiary/aromatic N) is 2. The van der Waals surface area contributed by atoms with Crippen molar-refractivity contribution in [3.63, 3.8) is 0 Å². The van der Waals surface area contributed by atoms with Crippen LogP contribution in [0.1, 0.15) is 0 Å². The summed E-state index contributed by atoms with van der Waals surface area (Å²) in [4.78, 5) is 14.0. The Morgan fingerprint density at radius 2 is 1.50 bits per heavy atom. The van der Waals surface area contributed by atoms with Gasteiger partial charge in [0.15, 0.2) is 0 Å². The molecule has 138 valence electrons. The molecule has 1 aliphatic rings. The lowest BCUT2D eigenvalue weighted by molar-refractivity contribution is 0.184. The van der Waals surface area contributed by atoms with Crippen LogP contribution in [-0.2, 0) is 10.0 Å². The Morgan fingerprint density at radius 3 is 2.08 bits per heavy atom. The van der Waals surface area contributed by atoms with Gasteiger partial charge in [-0.25, -0.2) is 13.2 Å². The number of rotatable bonds is 3. The summed E-state index contributed by atoms with van der Waals surface area (Å²) in [6.07, 6.45) is 0. The summed E-state index contributed by atoms with van der Waals surface area (Å²) in [5.74, 6) is -0.335. The number of carbonyl (C=O) groups excluding carboxylic acids is 1. The summed E-state index contributed by atoms with van der Waals surface area (Å²) < 4.78 is 26.5. The Balaban J connectivity index is 1.62. The van der Waals surface area contributed by atoms with E-state index < -0.39 is 16.1 Å². The average molecular weight is 377 g/mol. The quantitative estimate of drug-likeness (QED) is 0.753. The summed E-state index contributed by atoms with van der Waals surface area (Å²) in [5.41, 5.74) is 0.256. The SMILES string of the molecule is O=C(Nc1cc(O)cc(O)c1)N1CCN(S(=O)(=O)c2ccccc2)CC1. The lowest BCUT2D eigenvalue weighted by Gasteiger charge is -2.34. The second-order valence-corrected chi connectivity index (χ2v) is 7.81. The molecule has 1 heterocycles. The molecular formula is C17H19N3O5S. The number of benzene rings is 2. The average Bonchev–Trinajstić information content (AvgIpc) is 2.61. The minimum Gasteiger partial charge on any atom is -0.508 e. The van der Waals surface area contributed by atoms with E-state index in [9.17, 15) is 23.4 Å². The molecule has 0 aliphatic carbocycles. The third-order valence-corrected chi connectivity index (χ3v) is 5.97. The van der Waals surface area contributed by atoms with Gasteiger partial charge >= 0.3 is 6.03 Å². The number of hydrogen-bond donors (Lipinski definition) is 3. The lowest BCUT2D eigenvalue weighted by atomic mass is 10.3. The van der Waals surface area contributed by atoms with Crippen LogP contribution in [0.3, 0.4) is 0 Å². The monoisotopic (exact) mass is 377 g/mol. The summed E-state index contributed by atoms with van der Waals surface area (Å²) in [7, 11) is -3.57. The Kier molecular flexibility index (Phi) is 5.01. The first-order valence-corrected chi connectivity index (χ1v) is 9.44. The van der Waals surface area contributed by atoms with E-state index >= 15 is 0 Å². The third kappa shape index (κ3) is 3.89. The van der Waals surface area contributed by atoms with Gasteiger partial charge in [-0.2, -0.15) is 4.31 Å². The molecule has 8 nitrogen and oxygen atoms in total. The molecule has 0 spiro atoms. The molecule has 0 radical (unpaired) electrons. The lowest BCUT2D eigenvalue weighted by Crippen LogP contribution is -2.51. The maximum atomic E-state index is 12.6. The second-order valence-electron chi connectivity index (χ2n) is 5.87. The van der Waals surface area contributed by atoms with E-state index in [1.807, 2.05) is 0 Å². The van der Waals surface area contributed by atoms with E-state index in [4.69, 9.17) is 0 Å². The zero-order valence-electron chi connectivity index (χ0n) is 13.9. The van der Waals surface area contributed by atoms with Crippen LogP contribution in [0, 0.1) is 0 Å². The number of nitrogens with one attached hydrogen (secondary N) is 1. The highest BCUT2D eigenvalue weighted by atomic mass is 32.2. The first-order chi connectivity index (χ1) is 12.4. The van der Waals surface area contributed by atoms with Crippen LogP contribution in [0.25, 0.3) is 0 Å². The molecule has 2 amide bonds. The van der Waals surface area contributed by atoms with Gasteiger partial charge in [0.2, 0.25) is 10.0 Å². The number of hydrogen-bond acceptors (Lipinski definition) is 5. The van der Waals surface area contributed by atoms with Crippen LogP contribution in [0.15, 0.2) is 53.4 Å². The molecule has 0 saturated carbocycles. The van der Waals surface area contributed by atoms with Gasteiger partial charge in [-0.15, -0.1) is 0 Å². The number of anilines is 1. The van der Waals surface area contributed by atoms with Crippen molar-refractivity contribution in [1.82, 2.24) is 9.21 Å². The standard InChI is InChI=1S/C17H19N3O5S/c21-14-10-13(11-15(22)12-14)18-17(23)19-6-8-20(9-7-19)26(24,25)16-4-2-1-3-5-16/h1-5,10-12,21-22H,6-9H2,(H,18,23). The molecule has 3 rings (SSSR count). The fraction of sp³-hybridized carbons (Fsp3) is 0.235. The van der Waals surface area contributed by atoms with Crippen LogP contribution in [-0.4, -0.2) is 60.0 Å². The van der Waals surface area contributed by atoms with Gasteiger partial charge in [-0.05, 0) is 12.1 Å². The summed E-state index contributed by atoms with van der Waals surface area (Å²) in [5, 5.41) is 21.5. The first-order valence-electron chi connectivity index (χ1n) is 8.00. The first kappa shape index (κ1) is 18.0. The van der Waals surface area contributed by atoms with E-state index in [0.29, 0.717) is 0 Å². The van der Waals surface area contributed by atoms with Crippen LogP contribution >= 0.6 is 0 Å². The van der Waals surface area contributed by atoms with Crippen molar-refractivity contribution in [1.29, 1.82) is 0 Å². The highest BCUT2D eigenvalue weighted by Crippen LogP contribution is 2.24. The molecule has 0 aromatic heterocycles. The minimum atomic E-state index is -3.57. The molecule has 9 heteroatoms. The highest BCUT2D eigenvalue weighted by molar-refractivity contribution is 7.89. The van der Waals surface area contributed by atoms with E-state index in [1.54, 1.807) is 30.3 Å². The zero-order valence-corrected chi connectivity index (χ0v) is 14.7. The van der Waals surface area contributed by atoms with Crippen molar-refractivity contribution < 1.29 is 23.4 Å². The maximum Gasteiger partial charge on any atom is 0.321 e. The Morgan fingerprint density at radius 1 is 0.923 bits per heavy atom. The summed E-state index contributed by atoms with van der Waals surface area (Å²) in [6, 6.07) is 11.5. The largest absolute Gasteiger partial charge is 0.508 e. The predicted octanol–water partition coefficient (Wildman–Crippen LogP) is 1.64. The normalized spacial score (nSPS) is 15.6. The minimum absolute atomic E-state index is 0.168. The van der Waals surface area contributed by atoms with Crippen LogP contribution < -0.4 is 5.32 Å². The zero-order chi connectivity index (χ0) is 18.7. The number of amides is 2. The van der Waals surface area contributed by atoms with E-state index in [-0.39, 0.29) is 48.3 Å². The van der Waals surface area contributed by atoms with E-state index in [1.165, 1.54) is 21.3 Å².